The fraction of sp³-hybridized carbons (Fsp3) is 0.304. The first-order chi connectivity index (χ1) is 14.0. The third-order valence-electron chi connectivity index (χ3n) is 6.10. The summed E-state index contributed by atoms with van der Waals surface area (Å²) in [5.74, 6) is 0.617. The van der Waals surface area contributed by atoms with Gasteiger partial charge in [-0.3, -0.25) is 0 Å². The first kappa shape index (κ1) is 18.9. The minimum atomic E-state index is -3.54. The second-order valence-corrected chi connectivity index (χ2v) is 10.2. The Hall–Kier alpha value is -2.08. The highest BCUT2D eigenvalue weighted by molar-refractivity contribution is 7.89. The molecule has 1 saturated heterocycles. The summed E-state index contributed by atoms with van der Waals surface area (Å²) < 4.78 is 34.0. The van der Waals surface area contributed by atoms with Gasteiger partial charge in [-0.2, -0.15) is 4.31 Å². The largest absolute Gasteiger partial charge is 0.456 e. The lowest BCUT2D eigenvalue weighted by Gasteiger charge is -2.35. The van der Waals surface area contributed by atoms with Crippen LogP contribution in [0, 0.1) is 11.8 Å². The molecule has 2 heterocycles. The quantitative estimate of drug-likeness (QED) is 0.505. The maximum Gasteiger partial charge on any atom is 0.243 e. The van der Waals surface area contributed by atoms with Crippen molar-refractivity contribution in [1.29, 1.82) is 0 Å². The average molecular weight is 428 g/mol. The van der Waals surface area contributed by atoms with E-state index in [4.69, 9.17) is 16.0 Å². The van der Waals surface area contributed by atoms with Gasteiger partial charge in [-0.25, -0.2) is 8.42 Å². The summed E-state index contributed by atoms with van der Waals surface area (Å²) in [5, 5.41) is 2.66. The molecule has 1 atom stereocenters. The summed E-state index contributed by atoms with van der Waals surface area (Å²) in [5.41, 5.74) is 1.47. The zero-order valence-corrected chi connectivity index (χ0v) is 17.5. The van der Waals surface area contributed by atoms with Gasteiger partial charge in [0, 0.05) is 34.8 Å². The number of para-hydroxylation sites is 1. The van der Waals surface area contributed by atoms with E-state index < -0.39 is 10.0 Å². The Balaban J connectivity index is 1.40. The predicted molar refractivity (Wildman–Crippen MR) is 116 cm³/mol. The van der Waals surface area contributed by atoms with Crippen LogP contribution in [-0.4, -0.2) is 25.8 Å². The molecule has 2 aliphatic rings. The highest BCUT2D eigenvalue weighted by atomic mass is 35.5. The van der Waals surface area contributed by atoms with Crippen molar-refractivity contribution < 1.29 is 12.8 Å². The number of halogens is 1. The summed E-state index contributed by atoms with van der Waals surface area (Å²) in [6.45, 7) is 1.04. The molecular weight excluding hydrogens is 406 g/mol. The number of allylic oxidation sites excluding steroid dienone is 4. The Morgan fingerprint density at radius 3 is 2.55 bits per heavy atom. The van der Waals surface area contributed by atoms with E-state index >= 15 is 0 Å². The molecule has 0 N–H and O–H groups in total. The molecule has 6 heteroatoms. The summed E-state index contributed by atoms with van der Waals surface area (Å²) in [7, 11) is -3.54. The van der Waals surface area contributed by atoms with Crippen molar-refractivity contribution in [2.75, 3.05) is 13.1 Å². The molecule has 1 fully saturated rings. The van der Waals surface area contributed by atoms with Crippen LogP contribution in [0.2, 0.25) is 0 Å². The number of rotatable bonds is 3. The van der Waals surface area contributed by atoms with Gasteiger partial charge in [0.1, 0.15) is 11.2 Å². The molecule has 150 valence electrons. The van der Waals surface area contributed by atoms with E-state index in [9.17, 15) is 8.42 Å². The van der Waals surface area contributed by atoms with Crippen molar-refractivity contribution in [2.24, 2.45) is 11.8 Å². The number of piperidine rings is 1. The van der Waals surface area contributed by atoms with Crippen LogP contribution in [0.1, 0.15) is 19.3 Å². The fourth-order valence-corrected chi connectivity index (χ4v) is 6.34. The fourth-order valence-electron chi connectivity index (χ4n) is 4.51. The number of furan rings is 1. The maximum atomic E-state index is 13.3. The SMILES string of the molecule is O=S(=O)(c1ccc2oc3ccccc3c2c1)N1CCC(C2C=CCC=C2Cl)CC1. The minimum Gasteiger partial charge on any atom is -0.456 e. The van der Waals surface area contributed by atoms with Crippen molar-refractivity contribution in [3.05, 3.63) is 65.7 Å². The molecule has 1 unspecified atom stereocenters. The van der Waals surface area contributed by atoms with Crippen LogP contribution >= 0.6 is 11.6 Å². The summed E-state index contributed by atoms with van der Waals surface area (Å²) in [6, 6.07) is 12.8. The number of hydrogen-bond acceptors (Lipinski definition) is 3. The average Bonchev–Trinajstić information content (AvgIpc) is 3.12. The van der Waals surface area contributed by atoms with E-state index in [2.05, 4.69) is 18.2 Å². The number of fused-ring (bicyclic) bond motifs is 3. The highest BCUT2D eigenvalue weighted by Crippen LogP contribution is 2.37. The molecule has 0 saturated carbocycles. The molecule has 5 rings (SSSR count). The number of benzene rings is 2. The van der Waals surface area contributed by atoms with Gasteiger partial charge in [0.2, 0.25) is 10.0 Å². The van der Waals surface area contributed by atoms with Crippen LogP contribution in [0.4, 0.5) is 0 Å². The van der Waals surface area contributed by atoms with Gasteiger partial charge in [0.15, 0.2) is 0 Å². The van der Waals surface area contributed by atoms with Crippen molar-refractivity contribution in [3.63, 3.8) is 0 Å². The Morgan fingerprint density at radius 2 is 1.76 bits per heavy atom. The zero-order valence-electron chi connectivity index (χ0n) is 15.9. The van der Waals surface area contributed by atoms with E-state index in [1.54, 1.807) is 22.5 Å². The molecule has 0 radical (unpaired) electrons. The molecule has 1 aliphatic heterocycles. The third-order valence-corrected chi connectivity index (χ3v) is 8.40. The zero-order chi connectivity index (χ0) is 20.0. The monoisotopic (exact) mass is 427 g/mol. The molecule has 2 aromatic carbocycles. The Morgan fingerprint density at radius 1 is 1.00 bits per heavy atom. The second kappa shape index (κ2) is 7.31. The van der Waals surface area contributed by atoms with Gasteiger partial charge in [-0.05, 0) is 49.4 Å². The van der Waals surface area contributed by atoms with Crippen LogP contribution in [0.3, 0.4) is 0 Å². The molecular formula is C23H22ClNO3S. The van der Waals surface area contributed by atoms with Gasteiger partial charge in [0.05, 0.1) is 4.90 Å². The second-order valence-electron chi connectivity index (χ2n) is 7.78. The van der Waals surface area contributed by atoms with Crippen molar-refractivity contribution in [1.82, 2.24) is 4.31 Å². The lowest BCUT2D eigenvalue weighted by atomic mass is 9.82. The molecule has 0 bridgehead atoms. The predicted octanol–water partition coefficient (Wildman–Crippen LogP) is 5.69. The van der Waals surface area contributed by atoms with E-state index in [1.165, 1.54) is 0 Å². The van der Waals surface area contributed by atoms with Gasteiger partial charge >= 0.3 is 0 Å². The molecule has 0 spiro atoms. The Kier molecular flexibility index (Phi) is 4.77. The summed E-state index contributed by atoms with van der Waals surface area (Å²) >= 11 is 6.40. The summed E-state index contributed by atoms with van der Waals surface area (Å²) in [6.07, 6.45) is 8.89. The highest BCUT2D eigenvalue weighted by Gasteiger charge is 2.33. The van der Waals surface area contributed by atoms with Crippen molar-refractivity contribution in [2.45, 2.75) is 24.2 Å². The van der Waals surface area contributed by atoms with Crippen LogP contribution in [0.15, 0.2) is 75.0 Å². The molecule has 29 heavy (non-hydrogen) atoms. The normalized spacial score (nSPS) is 21.7. The molecule has 4 nitrogen and oxygen atoms in total. The van der Waals surface area contributed by atoms with Gasteiger partial charge in [0.25, 0.3) is 0 Å². The first-order valence-electron chi connectivity index (χ1n) is 9.98. The third kappa shape index (κ3) is 3.31. The van der Waals surface area contributed by atoms with Gasteiger partial charge in [-0.1, -0.05) is 48.0 Å². The lowest BCUT2D eigenvalue weighted by Crippen LogP contribution is -2.40. The molecule has 0 amide bonds. The molecule has 1 aromatic heterocycles. The minimum absolute atomic E-state index is 0.226. The maximum absolute atomic E-state index is 13.3. The standard InChI is InChI=1S/C23H22ClNO3S/c24-21-7-3-1-5-18(21)16-11-13-25(14-12-16)29(26,27)17-9-10-23-20(15-17)19-6-2-4-8-22(19)28-23/h1-2,4-10,15-16,18H,3,11-14H2. The van der Waals surface area contributed by atoms with E-state index in [-0.39, 0.29) is 5.92 Å². The number of nitrogens with zero attached hydrogens (tertiary/aromatic N) is 1. The topological polar surface area (TPSA) is 50.5 Å². The smallest absolute Gasteiger partial charge is 0.243 e. The van der Waals surface area contributed by atoms with Crippen molar-refractivity contribution >= 4 is 43.6 Å². The number of hydrogen-bond donors (Lipinski definition) is 0. The molecule has 3 aromatic rings. The Labute approximate surface area is 175 Å². The van der Waals surface area contributed by atoms with Crippen LogP contribution in [0.5, 0.6) is 0 Å². The van der Waals surface area contributed by atoms with Crippen LogP contribution in [-0.2, 0) is 10.0 Å². The van der Waals surface area contributed by atoms with Gasteiger partial charge in [-0.15, -0.1) is 0 Å². The first-order valence-corrected chi connectivity index (χ1v) is 11.8. The number of sulfonamides is 1. The Bertz CT molecular complexity index is 1230. The van der Waals surface area contributed by atoms with E-state index in [1.807, 2.05) is 24.3 Å². The van der Waals surface area contributed by atoms with E-state index in [0.717, 1.165) is 40.7 Å². The van der Waals surface area contributed by atoms with Crippen molar-refractivity contribution in [3.8, 4) is 0 Å². The van der Waals surface area contributed by atoms with E-state index in [0.29, 0.717) is 29.5 Å². The van der Waals surface area contributed by atoms with Gasteiger partial charge < -0.3 is 4.42 Å². The summed E-state index contributed by atoms with van der Waals surface area (Å²) in [4.78, 5) is 0.325. The molecule has 1 aliphatic carbocycles. The lowest BCUT2D eigenvalue weighted by molar-refractivity contribution is 0.248. The van der Waals surface area contributed by atoms with Crippen LogP contribution < -0.4 is 0 Å². The van der Waals surface area contributed by atoms with Crippen LogP contribution in [0.25, 0.3) is 21.9 Å².